The summed E-state index contributed by atoms with van der Waals surface area (Å²) in [6, 6.07) is 0. The van der Waals surface area contributed by atoms with Crippen LogP contribution in [-0.4, -0.2) is 32.7 Å². The molecule has 0 aliphatic carbocycles. The van der Waals surface area contributed by atoms with Gasteiger partial charge < -0.3 is 9.47 Å². The molecule has 0 atom stereocenters. The lowest BCUT2D eigenvalue weighted by molar-refractivity contribution is -0.160. The second kappa shape index (κ2) is 4.81. The number of alkyl carbamates (subject to hydrolysis) is 1. The Bertz CT molecular complexity index is 147. The highest BCUT2D eigenvalue weighted by Gasteiger charge is 2.29. The van der Waals surface area contributed by atoms with Crippen LogP contribution in [0.3, 0.4) is 0 Å². The van der Waals surface area contributed by atoms with Gasteiger partial charge in [-0.05, 0) is 0 Å². The van der Waals surface area contributed by atoms with E-state index in [1.807, 2.05) is 5.32 Å². The average molecular weight is 187 g/mol. The van der Waals surface area contributed by atoms with Crippen LogP contribution < -0.4 is 5.32 Å². The first kappa shape index (κ1) is 11.0. The summed E-state index contributed by atoms with van der Waals surface area (Å²) < 4.78 is 42.3. The Labute approximate surface area is 66.6 Å². The third kappa shape index (κ3) is 7.13. The minimum atomic E-state index is -4.50. The van der Waals surface area contributed by atoms with Gasteiger partial charge >= 0.3 is 12.3 Å². The van der Waals surface area contributed by atoms with Gasteiger partial charge in [0, 0.05) is 7.11 Å². The zero-order valence-corrected chi connectivity index (χ0v) is 6.27. The number of alkyl halides is 3. The number of methoxy groups -OCH3 is 1. The molecule has 0 radical (unpaired) electrons. The summed E-state index contributed by atoms with van der Waals surface area (Å²) in [7, 11) is 1.28. The maximum Gasteiger partial charge on any atom is 0.422 e. The van der Waals surface area contributed by atoms with Crippen molar-refractivity contribution in [3.63, 3.8) is 0 Å². The minimum Gasteiger partial charge on any atom is -0.440 e. The number of halogens is 3. The van der Waals surface area contributed by atoms with Gasteiger partial charge in [0.05, 0.1) is 0 Å². The van der Waals surface area contributed by atoms with Crippen molar-refractivity contribution in [2.75, 3.05) is 20.4 Å². The van der Waals surface area contributed by atoms with E-state index >= 15 is 0 Å². The van der Waals surface area contributed by atoms with E-state index in [9.17, 15) is 18.0 Å². The van der Waals surface area contributed by atoms with Crippen molar-refractivity contribution < 1.29 is 27.4 Å². The van der Waals surface area contributed by atoms with Gasteiger partial charge in [-0.15, -0.1) is 0 Å². The van der Waals surface area contributed by atoms with Crippen molar-refractivity contribution in [1.82, 2.24) is 5.32 Å². The normalized spacial score (nSPS) is 11.0. The quantitative estimate of drug-likeness (QED) is 0.667. The molecule has 0 aromatic carbocycles. The van der Waals surface area contributed by atoms with Crippen LogP contribution in [0.5, 0.6) is 0 Å². The SMILES string of the molecule is COCNC(=O)OCC(F)(F)F. The average Bonchev–Trinajstić information content (AvgIpc) is 1.95. The summed E-state index contributed by atoms with van der Waals surface area (Å²) in [6.07, 6.45) is -5.65. The van der Waals surface area contributed by atoms with E-state index in [4.69, 9.17) is 0 Å². The molecule has 7 heteroatoms. The molecule has 1 amide bonds. The molecule has 0 heterocycles. The van der Waals surface area contributed by atoms with Crippen LogP contribution >= 0.6 is 0 Å². The van der Waals surface area contributed by atoms with E-state index in [0.717, 1.165) is 0 Å². The first-order chi connectivity index (χ1) is 5.45. The number of carbonyl (C=O) groups excluding carboxylic acids is 1. The topological polar surface area (TPSA) is 47.6 Å². The second-order valence-corrected chi connectivity index (χ2v) is 1.80. The Morgan fingerprint density at radius 1 is 1.50 bits per heavy atom. The molecule has 0 bridgehead atoms. The molecule has 0 fully saturated rings. The van der Waals surface area contributed by atoms with Crippen LogP contribution in [0, 0.1) is 0 Å². The Morgan fingerprint density at radius 2 is 2.08 bits per heavy atom. The summed E-state index contributed by atoms with van der Waals surface area (Å²) in [5.74, 6) is 0. The van der Waals surface area contributed by atoms with Crippen LogP contribution in [0.4, 0.5) is 18.0 Å². The van der Waals surface area contributed by atoms with E-state index < -0.39 is 18.9 Å². The predicted molar refractivity (Wildman–Crippen MR) is 32.4 cm³/mol. The van der Waals surface area contributed by atoms with Crippen molar-refractivity contribution in [2.45, 2.75) is 6.18 Å². The number of rotatable bonds is 3. The summed E-state index contributed by atoms with van der Waals surface area (Å²) in [6.45, 7) is -1.78. The third-order valence-corrected chi connectivity index (χ3v) is 0.728. The second-order valence-electron chi connectivity index (χ2n) is 1.80. The van der Waals surface area contributed by atoms with E-state index in [0.29, 0.717) is 0 Å². The van der Waals surface area contributed by atoms with Crippen molar-refractivity contribution in [3.05, 3.63) is 0 Å². The summed E-state index contributed by atoms with van der Waals surface area (Å²) >= 11 is 0. The van der Waals surface area contributed by atoms with E-state index in [2.05, 4.69) is 9.47 Å². The molecular weight excluding hydrogens is 179 g/mol. The highest BCUT2D eigenvalue weighted by molar-refractivity contribution is 5.66. The molecule has 0 aliphatic rings. The lowest BCUT2D eigenvalue weighted by Gasteiger charge is -2.07. The van der Waals surface area contributed by atoms with Gasteiger partial charge in [-0.1, -0.05) is 0 Å². The Kier molecular flexibility index (Phi) is 4.42. The fourth-order valence-electron chi connectivity index (χ4n) is 0.330. The molecule has 72 valence electrons. The van der Waals surface area contributed by atoms with Gasteiger partial charge in [0.2, 0.25) is 0 Å². The highest BCUT2D eigenvalue weighted by atomic mass is 19.4. The number of hydrogen-bond donors (Lipinski definition) is 1. The summed E-state index contributed by atoms with van der Waals surface area (Å²) in [5.41, 5.74) is 0. The van der Waals surface area contributed by atoms with Gasteiger partial charge in [-0.25, -0.2) is 4.79 Å². The van der Waals surface area contributed by atoms with Crippen molar-refractivity contribution in [3.8, 4) is 0 Å². The Balaban J connectivity index is 3.44. The maximum absolute atomic E-state index is 11.4. The summed E-state index contributed by atoms with van der Waals surface area (Å²) in [5, 5.41) is 1.92. The molecule has 12 heavy (non-hydrogen) atoms. The smallest absolute Gasteiger partial charge is 0.422 e. The van der Waals surface area contributed by atoms with E-state index in [-0.39, 0.29) is 6.73 Å². The molecule has 0 saturated carbocycles. The highest BCUT2D eigenvalue weighted by Crippen LogP contribution is 2.14. The molecule has 0 aromatic heterocycles. The Morgan fingerprint density at radius 3 is 2.50 bits per heavy atom. The van der Waals surface area contributed by atoms with Crippen LogP contribution in [0.2, 0.25) is 0 Å². The number of ether oxygens (including phenoxy) is 2. The van der Waals surface area contributed by atoms with Crippen LogP contribution in [0.25, 0.3) is 0 Å². The molecule has 1 N–H and O–H groups in total. The van der Waals surface area contributed by atoms with Crippen LogP contribution in [-0.2, 0) is 9.47 Å². The van der Waals surface area contributed by atoms with Gasteiger partial charge in [-0.3, -0.25) is 5.32 Å². The largest absolute Gasteiger partial charge is 0.440 e. The number of carbonyl (C=O) groups is 1. The van der Waals surface area contributed by atoms with Gasteiger partial charge in [0.15, 0.2) is 6.61 Å². The number of hydrogen-bond acceptors (Lipinski definition) is 3. The summed E-state index contributed by atoms with van der Waals surface area (Å²) in [4.78, 5) is 10.3. The van der Waals surface area contributed by atoms with E-state index in [1.54, 1.807) is 0 Å². The third-order valence-electron chi connectivity index (χ3n) is 0.728. The van der Waals surface area contributed by atoms with Crippen molar-refractivity contribution in [1.29, 1.82) is 0 Å². The van der Waals surface area contributed by atoms with Gasteiger partial charge in [0.25, 0.3) is 0 Å². The number of amides is 1. The van der Waals surface area contributed by atoms with Gasteiger partial charge in [0.1, 0.15) is 6.73 Å². The molecular formula is C5H8F3NO3. The van der Waals surface area contributed by atoms with Crippen LogP contribution in [0.1, 0.15) is 0 Å². The zero-order valence-electron chi connectivity index (χ0n) is 6.27. The first-order valence-corrected chi connectivity index (χ1v) is 2.92. The number of nitrogens with one attached hydrogen (secondary N) is 1. The van der Waals surface area contributed by atoms with Crippen molar-refractivity contribution >= 4 is 6.09 Å². The minimum absolute atomic E-state index is 0.184. The molecule has 0 saturated heterocycles. The van der Waals surface area contributed by atoms with Crippen LogP contribution in [0.15, 0.2) is 0 Å². The lowest BCUT2D eigenvalue weighted by atomic mass is 10.7. The standard InChI is InChI=1S/C5H8F3NO3/c1-11-3-9-4(10)12-2-5(6,7)8/h2-3H2,1H3,(H,9,10). The van der Waals surface area contributed by atoms with Gasteiger partial charge in [-0.2, -0.15) is 13.2 Å². The molecule has 0 spiro atoms. The fraction of sp³-hybridized carbons (Fsp3) is 0.800. The van der Waals surface area contributed by atoms with E-state index in [1.165, 1.54) is 7.11 Å². The first-order valence-electron chi connectivity index (χ1n) is 2.92. The molecule has 0 unspecified atom stereocenters. The molecule has 0 aromatic rings. The lowest BCUT2D eigenvalue weighted by Crippen LogP contribution is -2.30. The molecule has 0 aliphatic heterocycles. The molecule has 4 nitrogen and oxygen atoms in total. The fourth-order valence-corrected chi connectivity index (χ4v) is 0.330. The monoisotopic (exact) mass is 187 g/mol. The maximum atomic E-state index is 11.4. The Hall–Kier alpha value is -0.980. The van der Waals surface area contributed by atoms with Crippen molar-refractivity contribution in [2.24, 2.45) is 0 Å². The molecule has 0 rings (SSSR count). The zero-order chi connectivity index (χ0) is 9.61. The predicted octanol–water partition coefficient (Wildman–Crippen LogP) is 0.879.